The fourth-order valence-electron chi connectivity index (χ4n) is 3.89. The number of hydrogen-bond acceptors (Lipinski definition) is 6. The zero-order chi connectivity index (χ0) is 19.8. The number of aromatic amines is 1. The number of hydrogen-bond donors (Lipinski definition) is 1. The molecule has 6 nitrogen and oxygen atoms in total. The molecule has 0 radical (unpaired) electrons. The number of hydrazone groups is 1. The molecule has 1 amide bonds. The molecule has 0 atom stereocenters. The molecule has 1 aliphatic carbocycles. The number of thiophene rings is 1. The Morgan fingerprint density at radius 3 is 2.86 bits per heavy atom. The molecule has 3 aromatic rings. The van der Waals surface area contributed by atoms with Gasteiger partial charge in [0.05, 0.1) is 23.4 Å². The van der Waals surface area contributed by atoms with Crippen molar-refractivity contribution in [2.45, 2.75) is 37.3 Å². The summed E-state index contributed by atoms with van der Waals surface area (Å²) in [5, 5.41) is 7.25. The molecule has 5 rings (SSSR count). The lowest BCUT2D eigenvalue weighted by Crippen LogP contribution is -2.25. The average molecular weight is 425 g/mol. The fraction of sp³-hybridized carbons (Fsp3) is 0.333. The van der Waals surface area contributed by atoms with Crippen LogP contribution in [0.15, 0.2) is 45.4 Å². The first-order valence-corrected chi connectivity index (χ1v) is 11.6. The zero-order valence-electron chi connectivity index (χ0n) is 15.8. The average Bonchev–Trinajstić information content (AvgIpc) is 3.38. The van der Waals surface area contributed by atoms with Gasteiger partial charge in [-0.25, -0.2) is 9.99 Å². The van der Waals surface area contributed by atoms with Crippen LogP contribution in [0.2, 0.25) is 0 Å². The second-order valence-electron chi connectivity index (χ2n) is 7.23. The smallest absolute Gasteiger partial charge is 0.260 e. The van der Waals surface area contributed by atoms with Crippen LogP contribution in [-0.4, -0.2) is 38.9 Å². The van der Waals surface area contributed by atoms with E-state index in [0.29, 0.717) is 11.7 Å². The number of nitrogens with zero attached hydrogens (tertiary/aromatic N) is 3. The highest BCUT2D eigenvalue weighted by atomic mass is 32.2. The van der Waals surface area contributed by atoms with Crippen LogP contribution in [-0.2, 0) is 17.6 Å². The highest BCUT2D eigenvalue weighted by Gasteiger charge is 2.23. The third kappa shape index (κ3) is 3.62. The molecular formula is C21H20N4O2S2. The van der Waals surface area contributed by atoms with Crippen molar-refractivity contribution in [3.05, 3.63) is 56.7 Å². The molecule has 3 heterocycles. The summed E-state index contributed by atoms with van der Waals surface area (Å²) in [7, 11) is 0. The zero-order valence-corrected chi connectivity index (χ0v) is 17.4. The second kappa shape index (κ2) is 7.76. The maximum Gasteiger partial charge on any atom is 0.260 e. The molecule has 0 unspecified atom stereocenters. The summed E-state index contributed by atoms with van der Waals surface area (Å²) >= 11 is 2.89. The molecule has 1 aliphatic heterocycles. The molecule has 8 heteroatoms. The first-order valence-electron chi connectivity index (χ1n) is 9.79. The molecular weight excluding hydrogens is 404 g/mol. The quantitative estimate of drug-likeness (QED) is 0.513. The summed E-state index contributed by atoms with van der Waals surface area (Å²) in [6, 6.07) is 9.92. The van der Waals surface area contributed by atoms with Crippen LogP contribution in [0, 0.1) is 0 Å². The Balaban J connectivity index is 1.30. The summed E-state index contributed by atoms with van der Waals surface area (Å²) in [6.07, 6.45) is 5.05. The standard InChI is InChI=1S/C21H20N4O2S2/c26-17(25-11-10-15(24-25)13-6-2-1-3-7-13)12-28-21-22-19(27)18-14-8-4-5-9-16(14)29-20(18)23-21/h1-3,6-7H,4-5,8-12H2,(H,22,23,27). The van der Waals surface area contributed by atoms with E-state index in [0.717, 1.165) is 47.2 Å². The van der Waals surface area contributed by atoms with Crippen molar-refractivity contribution >= 4 is 44.9 Å². The van der Waals surface area contributed by atoms with E-state index < -0.39 is 0 Å². The lowest BCUT2D eigenvalue weighted by molar-refractivity contribution is -0.127. The van der Waals surface area contributed by atoms with Gasteiger partial charge in [-0.05, 0) is 36.8 Å². The van der Waals surface area contributed by atoms with Gasteiger partial charge in [-0.1, -0.05) is 42.1 Å². The van der Waals surface area contributed by atoms with Crippen LogP contribution in [0.25, 0.3) is 10.2 Å². The van der Waals surface area contributed by atoms with Gasteiger partial charge in [-0.3, -0.25) is 9.59 Å². The van der Waals surface area contributed by atoms with Crippen LogP contribution in [0.5, 0.6) is 0 Å². The molecule has 0 spiro atoms. The predicted molar refractivity (Wildman–Crippen MR) is 117 cm³/mol. The molecule has 2 aromatic heterocycles. The van der Waals surface area contributed by atoms with Crippen LogP contribution in [0.1, 0.15) is 35.3 Å². The Kier molecular flexibility index (Phi) is 4.97. The number of thioether (sulfide) groups is 1. The Bertz CT molecular complexity index is 1170. The number of carbonyl (C=O) groups excluding carboxylic acids is 1. The number of amides is 1. The maximum atomic E-state index is 12.6. The monoisotopic (exact) mass is 424 g/mol. The van der Waals surface area contributed by atoms with E-state index in [4.69, 9.17) is 0 Å². The number of benzene rings is 1. The van der Waals surface area contributed by atoms with E-state index >= 15 is 0 Å². The third-order valence-corrected chi connectivity index (χ3v) is 7.38. The first-order chi connectivity index (χ1) is 14.2. The van der Waals surface area contributed by atoms with Crippen LogP contribution in [0.4, 0.5) is 0 Å². The Labute approximate surface area is 176 Å². The lowest BCUT2D eigenvalue weighted by atomic mass is 9.97. The minimum Gasteiger partial charge on any atom is -0.301 e. The third-order valence-electron chi connectivity index (χ3n) is 5.33. The summed E-state index contributed by atoms with van der Waals surface area (Å²) in [5.41, 5.74) is 3.07. The summed E-state index contributed by atoms with van der Waals surface area (Å²) in [4.78, 5) is 34.8. The van der Waals surface area contributed by atoms with Crippen molar-refractivity contribution in [3.63, 3.8) is 0 Å². The Morgan fingerprint density at radius 2 is 2.00 bits per heavy atom. The van der Waals surface area contributed by atoms with Crippen LogP contribution in [0.3, 0.4) is 0 Å². The molecule has 2 aliphatic rings. The van der Waals surface area contributed by atoms with Gasteiger partial charge >= 0.3 is 0 Å². The highest BCUT2D eigenvalue weighted by molar-refractivity contribution is 7.99. The summed E-state index contributed by atoms with van der Waals surface area (Å²) < 4.78 is 0. The predicted octanol–water partition coefficient (Wildman–Crippen LogP) is 3.59. The second-order valence-corrected chi connectivity index (χ2v) is 9.28. The Morgan fingerprint density at radius 1 is 1.17 bits per heavy atom. The van der Waals surface area contributed by atoms with Gasteiger partial charge < -0.3 is 4.98 Å². The highest BCUT2D eigenvalue weighted by Crippen LogP contribution is 2.34. The van der Waals surface area contributed by atoms with Crippen molar-refractivity contribution < 1.29 is 4.79 Å². The van der Waals surface area contributed by atoms with E-state index in [1.165, 1.54) is 33.6 Å². The number of rotatable bonds is 4. The van der Waals surface area contributed by atoms with Gasteiger partial charge in [0.25, 0.3) is 11.5 Å². The minimum atomic E-state index is -0.0880. The topological polar surface area (TPSA) is 78.4 Å². The van der Waals surface area contributed by atoms with E-state index in [1.807, 2.05) is 30.3 Å². The fourth-order valence-corrected chi connectivity index (χ4v) is 5.94. The Hall–Kier alpha value is -2.45. The minimum absolute atomic E-state index is 0.0749. The van der Waals surface area contributed by atoms with Crippen molar-refractivity contribution in [1.29, 1.82) is 0 Å². The van der Waals surface area contributed by atoms with Crippen molar-refractivity contribution in [2.24, 2.45) is 5.10 Å². The SMILES string of the molecule is O=C(CSc1nc2sc3c(c2c(=O)[nH]1)CCCC3)N1CCC(c2ccccc2)=N1. The molecule has 29 heavy (non-hydrogen) atoms. The molecule has 0 saturated carbocycles. The van der Waals surface area contributed by atoms with E-state index in [2.05, 4.69) is 15.1 Å². The number of nitrogens with one attached hydrogen (secondary N) is 1. The van der Waals surface area contributed by atoms with E-state index in [-0.39, 0.29) is 17.2 Å². The number of H-pyrrole nitrogens is 1. The van der Waals surface area contributed by atoms with Gasteiger partial charge in [0.1, 0.15) is 4.83 Å². The molecule has 1 aromatic carbocycles. The van der Waals surface area contributed by atoms with Crippen LogP contribution < -0.4 is 5.56 Å². The number of carbonyl (C=O) groups is 1. The van der Waals surface area contributed by atoms with Gasteiger partial charge in [-0.15, -0.1) is 11.3 Å². The van der Waals surface area contributed by atoms with Gasteiger partial charge in [-0.2, -0.15) is 5.10 Å². The van der Waals surface area contributed by atoms with E-state index in [1.54, 1.807) is 11.3 Å². The largest absolute Gasteiger partial charge is 0.301 e. The summed E-state index contributed by atoms with van der Waals surface area (Å²) in [6.45, 7) is 0.588. The van der Waals surface area contributed by atoms with Gasteiger partial charge in [0.15, 0.2) is 5.16 Å². The number of fused-ring (bicyclic) bond motifs is 3. The number of aromatic nitrogens is 2. The molecule has 0 fully saturated rings. The van der Waals surface area contributed by atoms with Crippen LogP contribution >= 0.6 is 23.1 Å². The summed E-state index contributed by atoms with van der Waals surface area (Å²) in [5.74, 6) is 0.125. The molecule has 148 valence electrons. The maximum absolute atomic E-state index is 12.6. The molecule has 1 N–H and O–H groups in total. The number of aryl methyl sites for hydroxylation is 2. The lowest BCUT2D eigenvalue weighted by Gasteiger charge is -2.10. The van der Waals surface area contributed by atoms with Gasteiger partial charge in [0.2, 0.25) is 0 Å². The first kappa shape index (κ1) is 18.6. The van der Waals surface area contributed by atoms with Crippen molar-refractivity contribution in [2.75, 3.05) is 12.3 Å². The normalized spacial score (nSPS) is 16.1. The van der Waals surface area contributed by atoms with Crippen molar-refractivity contribution in [1.82, 2.24) is 15.0 Å². The molecule has 0 saturated heterocycles. The molecule has 0 bridgehead atoms. The van der Waals surface area contributed by atoms with Crippen molar-refractivity contribution in [3.8, 4) is 0 Å². The van der Waals surface area contributed by atoms with Gasteiger partial charge in [0, 0.05) is 11.3 Å². The van der Waals surface area contributed by atoms with E-state index in [9.17, 15) is 9.59 Å².